The summed E-state index contributed by atoms with van der Waals surface area (Å²) in [5.41, 5.74) is -0.457. The Balaban J connectivity index is 1.99. The average Bonchev–Trinajstić information content (AvgIpc) is 2.72. The van der Waals surface area contributed by atoms with Crippen LogP contribution >= 0.6 is 0 Å². The van der Waals surface area contributed by atoms with Crippen molar-refractivity contribution in [3.8, 4) is 0 Å². The summed E-state index contributed by atoms with van der Waals surface area (Å²) in [6.07, 6.45) is 0.657. The van der Waals surface area contributed by atoms with Crippen LogP contribution in [-0.2, 0) is 4.74 Å². The monoisotopic (exact) mass is 228 g/mol. The zero-order valence-electron chi connectivity index (χ0n) is 10.1. The van der Waals surface area contributed by atoms with Gasteiger partial charge >= 0.3 is 6.09 Å². The van der Waals surface area contributed by atoms with Gasteiger partial charge < -0.3 is 20.1 Å². The van der Waals surface area contributed by atoms with Crippen LogP contribution in [0.2, 0.25) is 0 Å². The van der Waals surface area contributed by atoms with Crippen molar-refractivity contribution in [2.24, 2.45) is 0 Å². The molecule has 2 N–H and O–H groups in total. The van der Waals surface area contributed by atoms with Gasteiger partial charge in [0.15, 0.2) is 0 Å². The summed E-state index contributed by atoms with van der Waals surface area (Å²) in [6, 6.07) is 0.408. The average molecular weight is 228 g/mol. The summed E-state index contributed by atoms with van der Waals surface area (Å²) in [5, 5.41) is 12.5. The Morgan fingerprint density at radius 3 is 2.75 bits per heavy atom. The molecule has 0 spiro atoms. The molecule has 0 aromatic carbocycles. The van der Waals surface area contributed by atoms with E-state index in [1.165, 1.54) is 0 Å². The Labute approximate surface area is 95.8 Å². The molecule has 0 unspecified atom stereocenters. The van der Waals surface area contributed by atoms with Crippen LogP contribution in [-0.4, -0.2) is 53.0 Å². The Kier molecular flexibility index (Phi) is 2.84. The molecule has 2 bridgehead atoms. The molecule has 3 atom stereocenters. The van der Waals surface area contributed by atoms with Gasteiger partial charge in [-0.1, -0.05) is 0 Å². The molecule has 2 saturated heterocycles. The lowest BCUT2D eigenvalue weighted by atomic mass is 10.1. The predicted octanol–water partition coefficient (Wildman–Crippen LogP) is 0.329. The maximum atomic E-state index is 11.9. The van der Waals surface area contributed by atoms with Gasteiger partial charge in [-0.15, -0.1) is 0 Å². The molecule has 2 aliphatic heterocycles. The molecule has 2 aliphatic rings. The first-order valence-electron chi connectivity index (χ1n) is 5.77. The molecule has 0 aromatic rings. The number of hydrogen-bond acceptors (Lipinski definition) is 4. The maximum absolute atomic E-state index is 11.9. The largest absolute Gasteiger partial charge is 0.444 e. The first kappa shape index (κ1) is 11.7. The quantitative estimate of drug-likeness (QED) is 0.679. The zero-order valence-corrected chi connectivity index (χ0v) is 10.1. The fourth-order valence-electron chi connectivity index (χ4n) is 2.49. The molecule has 5 heteroatoms. The molecule has 0 aromatic heterocycles. The Morgan fingerprint density at radius 1 is 1.56 bits per heavy atom. The minimum absolute atomic E-state index is 0.00580. The van der Waals surface area contributed by atoms with E-state index in [1.807, 2.05) is 20.8 Å². The topological polar surface area (TPSA) is 61.8 Å². The number of carbonyl (C=O) groups excluding carboxylic acids is 1. The normalized spacial score (nSPS) is 33.2. The fourth-order valence-corrected chi connectivity index (χ4v) is 2.49. The highest BCUT2D eigenvalue weighted by Crippen LogP contribution is 2.29. The van der Waals surface area contributed by atoms with Crippen LogP contribution in [0.5, 0.6) is 0 Å². The fraction of sp³-hybridized carbons (Fsp3) is 0.909. The van der Waals surface area contributed by atoms with E-state index in [9.17, 15) is 9.90 Å². The molecule has 1 amide bonds. The van der Waals surface area contributed by atoms with Crippen LogP contribution in [0.25, 0.3) is 0 Å². The van der Waals surface area contributed by atoms with Crippen molar-refractivity contribution in [2.75, 3.05) is 13.2 Å². The van der Waals surface area contributed by atoms with Crippen LogP contribution < -0.4 is 5.32 Å². The van der Waals surface area contributed by atoms with Crippen LogP contribution in [0, 0.1) is 0 Å². The van der Waals surface area contributed by atoms with E-state index in [2.05, 4.69) is 5.32 Å². The van der Waals surface area contributed by atoms with Gasteiger partial charge in [0.2, 0.25) is 0 Å². The lowest BCUT2D eigenvalue weighted by molar-refractivity contribution is 0.0140. The van der Waals surface area contributed by atoms with Crippen molar-refractivity contribution in [1.82, 2.24) is 10.2 Å². The number of likely N-dealkylation sites (tertiary alicyclic amines) is 1. The van der Waals surface area contributed by atoms with Gasteiger partial charge in [-0.05, 0) is 27.2 Å². The van der Waals surface area contributed by atoms with E-state index in [0.29, 0.717) is 12.6 Å². The van der Waals surface area contributed by atoms with Crippen molar-refractivity contribution in [3.05, 3.63) is 0 Å². The predicted molar refractivity (Wildman–Crippen MR) is 59.1 cm³/mol. The number of aliphatic hydroxyl groups is 1. The van der Waals surface area contributed by atoms with Crippen LogP contribution in [0.4, 0.5) is 4.79 Å². The highest BCUT2D eigenvalue weighted by molar-refractivity contribution is 5.69. The number of amides is 1. The van der Waals surface area contributed by atoms with E-state index in [4.69, 9.17) is 4.74 Å². The molecule has 0 radical (unpaired) electrons. The molecular weight excluding hydrogens is 208 g/mol. The summed E-state index contributed by atoms with van der Waals surface area (Å²) in [6.45, 7) is 6.35. The molecule has 0 saturated carbocycles. The minimum atomic E-state index is -0.457. The van der Waals surface area contributed by atoms with Gasteiger partial charge in [0, 0.05) is 12.6 Å². The van der Waals surface area contributed by atoms with Gasteiger partial charge in [-0.2, -0.15) is 0 Å². The van der Waals surface area contributed by atoms with Crippen molar-refractivity contribution < 1.29 is 14.6 Å². The number of piperazine rings is 1. The van der Waals surface area contributed by atoms with Crippen molar-refractivity contribution in [3.63, 3.8) is 0 Å². The third kappa shape index (κ3) is 2.15. The SMILES string of the molecule is CC(C)(C)OC(=O)N1C[C@H]2C[C@@H]1[C@H](CO)N2. The summed E-state index contributed by atoms with van der Waals surface area (Å²) < 4.78 is 5.34. The number of nitrogens with zero attached hydrogens (tertiary/aromatic N) is 1. The molecule has 5 nitrogen and oxygen atoms in total. The van der Waals surface area contributed by atoms with Gasteiger partial charge in [-0.25, -0.2) is 4.79 Å². The van der Waals surface area contributed by atoms with Crippen molar-refractivity contribution >= 4 is 6.09 Å². The Morgan fingerprint density at radius 2 is 2.25 bits per heavy atom. The lowest BCUT2D eigenvalue weighted by Gasteiger charge is -2.34. The number of ether oxygens (including phenoxy) is 1. The number of nitrogens with one attached hydrogen (secondary N) is 1. The lowest BCUT2D eigenvalue weighted by Crippen LogP contribution is -2.55. The van der Waals surface area contributed by atoms with Crippen molar-refractivity contribution in [2.45, 2.75) is 50.9 Å². The Bertz CT molecular complexity index is 287. The van der Waals surface area contributed by atoms with Gasteiger partial charge in [0.1, 0.15) is 5.60 Å². The Hall–Kier alpha value is -0.810. The summed E-state index contributed by atoms with van der Waals surface area (Å²) in [5.74, 6) is 0. The molecule has 0 aliphatic carbocycles. The number of hydrogen-bond donors (Lipinski definition) is 2. The van der Waals surface area contributed by atoms with Crippen LogP contribution in [0.1, 0.15) is 27.2 Å². The van der Waals surface area contributed by atoms with E-state index in [1.54, 1.807) is 4.90 Å². The molecule has 2 rings (SSSR count). The summed E-state index contributed by atoms with van der Waals surface area (Å²) in [7, 11) is 0. The van der Waals surface area contributed by atoms with E-state index in [-0.39, 0.29) is 24.8 Å². The molecule has 92 valence electrons. The molecular formula is C11H20N2O3. The second-order valence-corrected chi connectivity index (χ2v) is 5.59. The van der Waals surface area contributed by atoms with Gasteiger partial charge in [-0.3, -0.25) is 0 Å². The first-order chi connectivity index (χ1) is 7.40. The summed E-state index contributed by atoms with van der Waals surface area (Å²) >= 11 is 0. The molecule has 2 heterocycles. The smallest absolute Gasteiger partial charge is 0.410 e. The van der Waals surface area contributed by atoms with E-state index < -0.39 is 5.60 Å². The first-order valence-corrected chi connectivity index (χ1v) is 5.77. The van der Waals surface area contributed by atoms with Crippen molar-refractivity contribution in [1.29, 1.82) is 0 Å². The zero-order chi connectivity index (χ0) is 11.9. The second-order valence-electron chi connectivity index (χ2n) is 5.59. The van der Waals surface area contributed by atoms with Crippen LogP contribution in [0.3, 0.4) is 0 Å². The molecule has 16 heavy (non-hydrogen) atoms. The maximum Gasteiger partial charge on any atom is 0.410 e. The summed E-state index contributed by atoms with van der Waals surface area (Å²) in [4.78, 5) is 13.6. The van der Waals surface area contributed by atoms with Gasteiger partial charge in [0.05, 0.1) is 18.7 Å². The number of rotatable bonds is 1. The standard InChI is InChI=1S/C11H20N2O3/c1-11(2,3)16-10(15)13-5-7-4-9(13)8(6-14)12-7/h7-9,12,14H,4-6H2,1-3H3/t7-,8+,9-/m1/s1. The van der Waals surface area contributed by atoms with E-state index in [0.717, 1.165) is 6.42 Å². The third-order valence-electron chi connectivity index (χ3n) is 3.08. The highest BCUT2D eigenvalue weighted by atomic mass is 16.6. The van der Waals surface area contributed by atoms with Crippen LogP contribution in [0.15, 0.2) is 0 Å². The highest BCUT2D eigenvalue weighted by Gasteiger charge is 2.47. The molecule has 2 fully saturated rings. The van der Waals surface area contributed by atoms with Gasteiger partial charge in [0.25, 0.3) is 0 Å². The number of carbonyl (C=O) groups is 1. The number of fused-ring (bicyclic) bond motifs is 2. The third-order valence-corrected chi connectivity index (χ3v) is 3.08. The second kappa shape index (κ2) is 3.89. The number of aliphatic hydroxyl groups excluding tert-OH is 1. The van der Waals surface area contributed by atoms with E-state index >= 15 is 0 Å². The minimum Gasteiger partial charge on any atom is -0.444 e.